The first kappa shape index (κ1) is 28.2. The van der Waals surface area contributed by atoms with E-state index in [-0.39, 0.29) is 24.3 Å². The van der Waals surface area contributed by atoms with Gasteiger partial charge in [-0.25, -0.2) is 0 Å². The van der Waals surface area contributed by atoms with Crippen LogP contribution in [0.2, 0.25) is 0 Å². The van der Waals surface area contributed by atoms with Crippen molar-refractivity contribution in [1.82, 2.24) is 15.1 Å². The number of rotatable bonds is 9. The van der Waals surface area contributed by atoms with Crippen molar-refractivity contribution in [3.8, 4) is 0 Å². The van der Waals surface area contributed by atoms with Crippen LogP contribution < -0.4 is 10.2 Å². The third-order valence-corrected chi connectivity index (χ3v) is 9.13. The van der Waals surface area contributed by atoms with Crippen LogP contribution in [0.4, 0.5) is 5.69 Å². The second-order valence-corrected chi connectivity index (χ2v) is 11.8. The molecule has 1 saturated carbocycles. The molecular weight excluding hydrogens is 500 g/mol. The monoisotopic (exact) mass is 544 g/mol. The summed E-state index contributed by atoms with van der Waals surface area (Å²) in [5.74, 6) is 0.483. The lowest BCUT2D eigenvalue weighted by Crippen LogP contribution is -2.57. The average molecular weight is 545 g/mol. The van der Waals surface area contributed by atoms with E-state index in [1.807, 2.05) is 47.4 Å². The van der Waals surface area contributed by atoms with Crippen LogP contribution in [0.3, 0.4) is 0 Å². The number of carbonyl (C=O) groups excluding carboxylic acids is 3. The zero-order valence-electron chi connectivity index (χ0n) is 23.9. The molecule has 5 rings (SSSR count). The highest BCUT2D eigenvalue weighted by Crippen LogP contribution is 2.39. The first-order chi connectivity index (χ1) is 19.5. The molecule has 0 atom stereocenters. The number of amides is 3. The summed E-state index contributed by atoms with van der Waals surface area (Å²) in [5.41, 5.74) is 2.19. The third kappa shape index (κ3) is 6.18. The molecule has 3 amide bonds. The Hall–Kier alpha value is -3.35. The molecule has 2 saturated heterocycles. The molecule has 7 heteroatoms. The number of carbonyl (C=O) groups is 3. The molecule has 0 aromatic heterocycles. The first-order valence-electron chi connectivity index (χ1n) is 15.3. The van der Waals surface area contributed by atoms with E-state index in [9.17, 15) is 14.4 Å². The van der Waals surface area contributed by atoms with Crippen molar-refractivity contribution in [2.24, 2.45) is 5.92 Å². The molecule has 3 aliphatic rings. The first-order valence-corrected chi connectivity index (χ1v) is 15.3. The van der Waals surface area contributed by atoms with E-state index in [4.69, 9.17) is 0 Å². The lowest BCUT2D eigenvalue weighted by molar-refractivity contribution is -0.137. The smallest absolute Gasteiger partial charge is 0.253 e. The van der Waals surface area contributed by atoms with Gasteiger partial charge in [0, 0.05) is 30.9 Å². The number of unbranched alkanes of at least 4 members (excludes halogenated alkanes) is 1. The average Bonchev–Trinajstić information content (AvgIpc) is 3.26. The number of hydrogen-bond donors (Lipinski definition) is 1. The number of nitrogens with zero attached hydrogens (tertiary/aromatic N) is 3. The highest BCUT2D eigenvalue weighted by Gasteiger charge is 2.54. The van der Waals surface area contributed by atoms with Gasteiger partial charge in [0.1, 0.15) is 12.1 Å². The van der Waals surface area contributed by atoms with Gasteiger partial charge in [-0.3, -0.25) is 14.4 Å². The Morgan fingerprint density at radius 3 is 2.33 bits per heavy atom. The molecule has 40 heavy (non-hydrogen) atoms. The van der Waals surface area contributed by atoms with Crippen molar-refractivity contribution < 1.29 is 14.4 Å². The summed E-state index contributed by atoms with van der Waals surface area (Å²) in [7, 11) is 0. The van der Waals surface area contributed by atoms with Gasteiger partial charge < -0.3 is 20.0 Å². The van der Waals surface area contributed by atoms with E-state index in [1.165, 1.54) is 37.7 Å². The topological polar surface area (TPSA) is 73.0 Å². The number of anilines is 1. The van der Waals surface area contributed by atoms with Crippen LogP contribution >= 0.6 is 0 Å². The van der Waals surface area contributed by atoms with Crippen LogP contribution in [0.15, 0.2) is 54.6 Å². The number of para-hydroxylation sites is 1. The SMILES string of the molecule is CCCCc1ccc(C(=O)N2CCC3(CC2)C(=O)N(CC(=O)NCC2CCCCC2)CN3c2ccccc2)cc1. The van der Waals surface area contributed by atoms with Gasteiger partial charge in [0.2, 0.25) is 5.91 Å². The minimum atomic E-state index is -0.744. The Balaban J connectivity index is 1.25. The number of aryl methyl sites for hydroxylation is 1. The Kier molecular flexibility index (Phi) is 9.08. The fourth-order valence-corrected chi connectivity index (χ4v) is 6.66. The van der Waals surface area contributed by atoms with Gasteiger partial charge in [-0.05, 0) is 74.3 Å². The van der Waals surface area contributed by atoms with E-state index in [1.54, 1.807) is 4.90 Å². The number of nitrogens with one attached hydrogen (secondary N) is 1. The van der Waals surface area contributed by atoms with Gasteiger partial charge in [-0.1, -0.05) is 62.9 Å². The second kappa shape index (κ2) is 12.9. The van der Waals surface area contributed by atoms with E-state index < -0.39 is 5.54 Å². The van der Waals surface area contributed by atoms with Crippen molar-refractivity contribution in [2.45, 2.75) is 76.7 Å². The Labute approximate surface area is 238 Å². The number of likely N-dealkylation sites (tertiary alicyclic amines) is 1. The Morgan fingerprint density at radius 2 is 1.65 bits per heavy atom. The normalized spacial score (nSPS) is 19.3. The number of piperidine rings is 1. The summed E-state index contributed by atoms with van der Waals surface area (Å²) in [6.45, 7) is 4.35. The minimum absolute atomic E-state index is 0.00320. The van der Waals surface area contributed by atoms with Gasteiger partial charge in [0.15, 0.2) is 0 Å². The van der Waals surface area contributed by atoms with Crippen LogP contribution in [0.25, 0.3) is 0 Å². The molecular formula is C33H44N4O3. The summed E-state index contributed by atoms with van der Waals surface area (Å²) >= 11 is 0. The van der Waals surface area contributed by atoms with Crippen LogP contribution in [0.5, 0.6) is 0 Å². The summed E-state index contributed by atoms with van der Waals surface area (Å²) < 4.78 is 0. The molecule has 0 unspecified atom stereocenters. The largest absolute Gasteiger partial charge is 0.354 e. The van der Waals surface area contributed by atoms with Crippen LogP contribution in [0.1, 0.15) is 80.6 Å². The van der Waals surface area contributed by atoms with Crippen LogP contribution in [-0.4, -0.2) is 65.9 Å². The molecule has 2 aromatic rings. The van der Waals surface area contributed by atoms with E-state index in [0.717, 1.165) is 24.9 Å². The molecule has 2 aromatic carbocycles. The summed E-state index contributed by atoms with van der Waals surface area (Å²) in [6, 6.07) is 18.0. The standard InChI is InChI=1S/C33H44N4O3/c1-2-3-10-26-15-17-28(18-16-26)31(39)35-21-19-33(20-22-35)32(40)36(25-37(33)29-13-8-5-9-14-29)24-30(38)34-23-27-11-6-4-7-12-27/h5,8-9,13-18,27H,2-4,6-7,10-12,19-25H2,1H3,(H,34,38). The summed E-state index contributed by atoms with van der Waals surface area (Å²) in [6.07, 6.45) is 10.5. The van der Waals surface area contributed by atoms with Gasteiger partial charge in [0.25, 0.3) is 11.8 Å². The quantitative estimate of drug-likeness (QED) is 0.482. The van der Waals surface area contributed by atoms with Crippen molar-refractivity contribution in [1.29, 1.82) is 0 Å². The zero-order chi connectivity index (χ0) is 28.0. The van der Waals surface area contributed by atoms with Gasteiger partial charge >= 0.3 is 0 Å². The predicted octanol–water partition coefficient (Wildman–Crippen LogP) is 5.01. The third-order valence-electron chi connectivity index (χ3n) is 9.13. The number of benzene rings is 2. The molecule has 7 nitrogen and oxygen atoms in total. The maximum atomic E-state index is 14.0. The molecule has 1 N–H and O–H groups in total. The summed E-state index contributed by atoms with van der Waals surface area (Å²) in [4.78, 5) is 46.0. The van der Waals surface area contributed by atoms with Gasteiger partial charge in [0.05, 0.1) is 6.67 Å². The maximum absolute atomic E-state index is 14.0. The molecule has 2 aliphatic heterocycles. The highest BCUT2D eigenvalue weighted by atomic mass is 16.2. The van der Waals surface area contributed by atoms with Gasteiger partial charge in [-0.2, -0.15) is 0 Å². The van der Waals surface area contributed by atoms with E-state index in [0.29, 0.717) is 50.6 Å². The molecule has 0 radical (unpaired) electrons. The van der Waals surface area contributed by atoms with Crippen molar-refractivity contribution in [3.63, 3.8) is 0 Å². The highest BCUT2D eigenvalue weighted by molar-refractivity contribution is 5.97. The van der Waals surface area contributed by atoms with Crippen LogP contribution in [0, 0.1) is 5.92 Å². The van der Waals surface area contributed by atoms with Crippen molar-refractivity contribution in [2.75, 3.05) is 37.7 Å². The molecule has 1 aliphatic carbocycles. The molecule has 0 bridgehead atoms. The Bertz CT molecular complexity index is 1150. The minimum Gasteiger partial charge on any atom is -0.354 e. The molecule has 214 valence electrons. The van der Waals surface area contributed by atoms with E-state index in [2.05, 4.69) is 29.3 Å². The van der Waals surface area contributed by atoms with Crippen molar-refractivity contribution in [3.05, 3.63) is 65.7 Å². The predicted molar refractivity (Wildman–Crippen MR) is 158 cm³/mol. The lowest BCUT2D eigenvalue weighted by Gasteiger charge is -2.43. The second-order valence-electron chi connectivity index (χ2n) is 11.8. The molecule has 3 fully saturated rings. The lowest BCUT2D eigenvalue weighted by atomic mass is 9.85. The zero-order valence-corrected chi connectivity index (χ0v) is 23.9. The maximum Gasteiger partial charge on any atom is 0.253 e. The number of hydrogen-bond acceptors (Lipinski definition) is 4. The molecule has 2 heterocycles. The van der Waals surface area contributed by atoms with Gasteiger partial charge in [-0.15, -0.1) is 0 Å². The van der Waals surface area contributed by atoms with Crippen molar-refractivity contribution >= 4 is 23.4 Å². The Morgan fingerprint density at radius 1 is 0.950 bits per heavy atom. The molecule has 1 spiro atoms. The van der Waals surface area contributed by atoms with Crippen LogP contribution in [-0.2, 0) is 16.0 Å². The summed E-state index contributed by atoms with van der Waals surface area (Å²) in [5, 5.41) is 3.10. The fraction of sp³-hybridized carbons (Fsp3) is 0.545. The van der Waals surface area contributed by atoms with E-state index >= 15 is 0 Å². The fourth-order valence-electron chi connectivity index (χ4n) is 6.66.